The molecule has 20 heavy (non-hydrogen) atoms. The Bertz CT molecular complexity index is 594. The number of phenolic OH excluding ortho intramolecular Hbond substituents is 1. The Labute approximate surface area is 118 Å². The van der Waals surface area contributed by atoms with Crippen molar-refractivity contribution in [3.63, 3.8) is 0 Å². The zero-order chi connectivity index (χ0) is 14.5. The van der Waals surface area contributed by atoms with Crippen LogP contribution in [0.1, 0.15) is 22.8 Å². The number of aromatic hydroxyl groups is 1. The molecule has 3 N–H and O–H groups in total. The second kappa shape index (κ2) is 6.10. The van der Waals surface area contributed by atoms with Crippen LogP contribution in [0.2, 0.25) is 0 Å². The molecule has 0 fully saturated rings. The average molecular weight is 270 g/mol. The molecule has 0 saturated heterocycles. The van der Waals surface area contributed by atoms with Crippen LogP contribution in [0.4, 0.5) is 5.69 Å². The van der Waals surface area contributed by atoms with E-state index in [4.69, 9.17) is 5.73 Å². The Balaban J connectivity index is 2.15. The van der Waals surface area contributed by atoms with Crippen LogP contribution in [0.3, 0.4) is 0 Å². The molecule has 0 heterocycles. The molecule has 0 aliphatic rings. The van der Waals surface area contributed by atoms with Gasteiger partial charge in [0.25, 0.3) is 5.91 Å². The van der Waals surface area contributed by atoms with Crippen LogP contribution in [-0.4, -0.2) is 22.5 Å². The van der Waals surface area contributed by atoms with Crippen molar-refractivity contribution < 1.29 is 9.90 Å². The SMILES string of the molecule is CCN(Cc1ccc(N)cc1)C(=O)c1cccc(O)c1. The maximum Gasteiger partial charge on any atom is 0.254 e. The van der Waals surface area contributed by atoms with E-state index in [0.29, 0.717) is 24.3 Å². The van der Waals surface area contributed by atoms with E-state index in [2.05, 4.69) is 0 Å². The van der Waals surface area contributed by atoms with Crippen molar-refractivity contribution >= 4 is 11.6 Å². The van der Waals surface area contributed by atoms with Gasteiger partial charge in [-0.25, -0.2) is 0 Å². The number of phenols is 1. The topological polar surface area (TPSA) is 66.6 Å². The first-order valence-electron chi connectivity index (χ1n) is 6.53. The molecule has 4 nitrogen and oxygen atoms in total. The number of nitrogens with two attached hydrogens (primary N) is 1. The van der Waals surface area contributed by atoms with Crippen LogP contribution >= 0.6 is 0 Å². The molecule has 4 heteroatoms. The molecule has 0 atom stereocenters. The van der Waals surface area contributed by atoms with E-state index in [1.54, 1.807) is 23.1 Å². The number of benzene rings is 2. The first kappa shape index (κ1) is 13.9. The van der Waals surface area contributed by atoms with Crippen molar-refractivity contribution in [3.05, 3.63) is 59.7 Å². The molecular weight excluding hydrogens is 252 g/mol. The van der Waals surface area contributed by atoms with Crippen LogP contribution in [0.25, 0.3) is 0 Å². The van der Waals surface area contributed by atoms with Crippen LogP contribution in [0, 0.1) is 0 Å². The minimum atomic E-state index is -0.0970. The third kappa shape index (κ3) is 3.29. The van der Waals surface area contributed by atoms with Gasteiger partial charge in [-0.05, 0) is 42.8 Å². The predicted octanol–water partition coefficient (Wildman–Crippen LogP) is 2.64. The van der Waals surface area contributed by atoms with Gasteiger partial charge in [-0.2, -0.15) is 0 Å². The summed E-state index contributed by atoms with van der Waals surface area (Å²) in [5.41, 5.74) is 7.86. The van der Waals surface area contributed by atoms with E-state index in [9.17, 15) is 9.90 Å². The van der Waals surface area contributed by atoms with Crippen molar-refractivity contribution in [2.45, 2.75) is 13.5 Å². The molecule has 0 spiro atoms. The molecular formula is C16H18N2O2. The smallest absolute Gasteiger partial charge is 0.254 e. The lowest BCUT2D eigenvalue weighted by Crippen LogP contribution is -2.30. The van der Waals surface area contributed by atoms with Crippen molar-refractivity contribution in [3.8, 4) is 5.75 Å². The highest BCUT2D eigenvalue weighted by atomic mass is 16.3. The fraction of sp³-hybridized carbons (Fsp3) is 0.188. The van der Waals surface area contributed by atoms with Crippen LogP contribution in [-0.2, 0) is 6.54 Å². The third-order valence-electron chi connectivity index (χ3n) is 3.12. The average Bonchev–Trinajstić information content (AvgIpc) is 2.46. The highest BCUT2D eigenvalue weighted by molar-refractivity contribution is 5.94. The predicted molar refractivity (Wildman–Crippen MR) is 79.4 cm³/mol. The van der Waals surface area contributed by atoms with Crippen molar-refractivity contribution in [2.75, 3.05) is 12.3 Å². The summed E-state index contributed by atoms with van der Waals surface area (Å²) in [5.74, 6) is -0.000359. The number of carbonyl (C=O) groups excluding carboxylic acids is 1. The summed E-state index contributed by atoms with van der Waals surface area (Å²) < 4.78 is 0. The maximum atomic E-state index is 12.4. The molecule has 104 valence electrons. The summed E-state index contributed by atoms with van der Waals surface area (Å²) in [4.78, 5) is 14.1. The molecule has 0 saturated carbocycles. The van der Waals surface area contributed by atoms with Crippen molar-refractivity contribution in [1.29, 1.82) is 0 Å². The molecule has 0 aliphatic carbocycles. The van der Waals surface area contributed by atoms with Gasteiger partial charge in [-0.3, -0.25) is 4.79 Å². The number of nitrogen functional groups attached to an aromatic ring is 1. The van der Waals surface area contributed by atoms with Gasteiger partial charge in [0.1, 0.15) is 5.75 Å². The minimum Gasteiger partial charge on any atom is -0.508 e. The molecule has 0 unspecified atom stereocenters. The Kier molecular flexibility index (Phi) is 4.25. The van der Waals surface area contributed by atoms with Crippen LogP contribution < -0.4 is 5.73 Å². The van der Waals surface area contributed by atoms with Gasteiger partial charge >= 0.3 is 0 Å². The van der Waals surface area contributed by atoms with Gasteiger partial charge in [-0.1, -0.05) is 18.2 Å². The molecule has 2 aromatic carbocycles. The van der Waals surface area contributed by atoms with E-state index in [0.717, 1.165) is 5.56 Å². The third-order valence-corrected chi connectivity index (χ3v) is 3.12. The molecule has 2 rings (SSSR count). The molecule has 1 amide bonds. The number of hydrogen-bond acceptors (Lipinski definition) is 3. The molecule has 2 aromatic rings. The fourth-order valence-electron chi connectivity index (χ4n) is 1.99. The maximum absolute atomic E-state index is 12.4. The normalized spacial score (nSPS) is 10.2. The molecule has 0 bridgehead atoms. The molecule has 0 radical (unpaired) electrons. The summed E-state index contributed by atoms with van der Waals surface area (Å²) in [6, 6.07) is 13.9. The Morgan fingerprint density at radius 2 is 1.90 bits per heavy atom. The second-order valence-corrected chi connectivity index (χ2v) is 4.61. The quantitative estimate of drug-likeness (QED) is 0.839. The number of anilines is 1. The second-order valence-electron chi connectivity index (χ2n) is 4.61. The summed E-state index contributed by atoms with van der Waals surface area (Å²) >= 11 is 0. The monoisotopic (exact) mass is 270 g/mol. The zero-order valence-electron chi connectivity index (χ0n) is 11.4. The van der Waals surface area contributed by atoms with Crippen molar-refractivity contribution in [1.82, 2.24) is 4.90 Å². The van der Waals surface area contributed by atoms with Crippen molar-refractivity contribution in [2.24, 2.45) is 0 Å². The standard InChI is InChI=1S/C16H18N2O2/c1-2-18(11-12-6-8-14(17)9-7-12)16(20)13-4-3-5-15(19)10-13/h3-10,19H,2,11,17H2,1H3. The summed E-state index contributed by atoms with van der Waals surface area (Å²) in [7, 11) is 0. The van der Waals surface area contributed by atoms with E-state index in [1.165, 1.54) is 6.07 Å². The highest BCUT2D eigenvalue weighted by Gasteiger charge is 2.14. The lowest BCUT2D eigenvalue weighted by atomic mass is 10.1. The van der Waals surface area contributed by atoms with E-state index in [-0.39, 0.29) is 11.7 Å². The van der Waals surface area contributed by atoms with Gasteiger partial charge in [0.15, 0.2) is 0 Å². The van der Waals surface area contributed by atoms with Gasteiger partial charge in [0, 0.05) is 24.3 Å². The van der Waals surface area contributed by atoms with Gasteiger partial charge < -0.3 is 15.7 Å². The van der Waals surface area contributed by atoms with Gasteiger partial charge in [0.05, 0.1) is 0 Å². The van der Waals surface area contributed by atoms with E-state index in [1.807, 2.05) is 31.2 Å². The first-order valence-corrected chi connectivity index (χ1v) is 6.53. The first-order chi connectivity index (χ1) is 9.60. The zero-order valence-corrected chi connectivity index (χ0v) is 11.4. The summed E-state index contributed by atoms with van der Waals surface area (Å²) in [6.45, 7) is 3.04. The Hall–Kier alpha value is -2.49. The molecule has 0 aromatic heterocycles. The number of amides is 1. The minimum absolute atomic E-state index is 0.0967. The summed E-state index contributed by atoms with van der Waals surface area (Å²) in [5, 5.41) is 9.45. The number of nitrogens with zero attached hydrogens (tertiary/aromatic N) is 1. The lowest BCUT2D eigenvalue weighted by Gasteiger charge is -2.21. The van der Waals surface area contributed by atoms with Crippen LogP contribution in [0.5, 0.6) is 5.75 Å². The summed E-state index contributed by atoms with van der Waals surface area (Å²) in [6.07, 6.45) is 0. The van der Waals surface area contributed by atoms with Gasteiger partial charge in [0.2, 0.25) is 0 Å². The largest absolute Gasteiger partial charge is 0.508 e. The number of rotatable bonds is 4. The fourth-order valence-corrected chi connectivity index (χ4v) is 1.99. The Morgan fingerprint density at radius 3 is 2.50 bits per heavy atom. The van der Waals surface area contributed by atoms with E-state index >= 15 is 0 Å². The highest BCUT2D eigenvalue weighted by Crippen LogP contribution is 2.15. The molecule has 0 aliphatic heterocycles. The Morgan fingerprint density at radius 1 is 1.20 bits per heavy atom. The van der Waals surface area contributed by atoms with Crippen LogP contribution in [0.15, 0.2) is 48.5 Å². The lowest BCUT2D eigenvalue weighted by molar-refractivity contribution is 0.0752. The van der Waals surface area contributed by atoms with Gasteiger partial charge in [-0.15, -0.1) is 0 Å². The number of hydrogen-bond donors (Lipinski definition) is 2. The number of carbonyl (C=O) groups is 1. The van der Waals surface area contributed by atoms with E-state index < -0.39 is 0 Å².